The maximum Gasteiger partial charge on any atom is 0.264 e. The molecule has 2 aromatic heterocycles. The van der Waals surface area contributed by atoms with E-state index in [2.05, 4.69) is 43.2 Å². The van der Waals surface area contributed by atoms with Crippen LogP contribution in [0.15, 0.2) is 60.9 Å². The van der Waals surface area contributed by atoms with E-state index in [1.807, 2.05) is 54.2 Å². The van der Waals surface area contributed by atoms with E-state index in [9.17, 15) is 33.6 Å². The van der Waals surface area contributed by atoms with E-state index in [-0.39, 0.29) is 89.3 Å². The summed E-state index contributed by atoms with van der Waals surface area (Å²) in [6.45, 7) is 13.3. The van der Waals surface area contributed by atoms with Crippen LogP contribution in [0, 0.1) is 24.6 Å². The number of rotatable bonds is 13. The lowest BCUT2D eigenvalue weighted by atomic mass is 9.73. The molecule has 0 bridgehead atoms. The Morgan fingerprint density at radius 3 is 2.23 bits per heavy atom. The number of hydrogen-bond donors (Lipinski definition) is 4. The summed E-state index contributed by atoms with van der Waals surface area (Å²) >= 11 is 0. The van der Waals surface area contributed by atoms with Crippen molar-refractivity contribution >= 4 is 81.2 Å². The highest BCUT2D eigenvalue weighted by atomic mass is 19.1. The molecule has 456 valence electrons. The third-order valence-electron chi connectivity index (χ3n) is 20.1. The van der Waals surface area contributed by atoms with Crippen molar-refractivity contribution in [2.45, 2.75) is 166 Å². The third-order valence-corrected chi connectivity index (χ3v) is 20.1. The molecular formula is C66H77FN12O8. The minimum atomic E-state index is -1.06. The molecule has 4 saturated heterocycles. The van der Waals surface area contributed by atoms with Crippen LogP contribution in [-0.2, 0) is 29.4 Å². The van der Waals surface area contributed by atoms with Crippen LogP contribution in [0.5, 0.6) is 0 Å². The highest BCUT2D eigenvalue weighted by Gasteiger charge is 2.56. The van der Waals surface area contributed by atoms with Gasteiger partial charge in [-0.1, -0.05) is 24.6 Å². The maximum atomic E-state index is 16.0. The van der Waals surface area contributed by atoms with Crippen LogP contribution >= 0.6 is 0 Å². The quantitative estimate of drug-likeness (QED) is 0.0817. The summed E-state index contributed by atoms with van der Waals surface area (Å²) in [7, 11) is 0. The van der Waals surface area contributed by atoms with Crippen LogP contribution in [0.3, 0.4) is 0 Å². The van der Waals surface area contributed by atoms with Crippen molar-refractivity contribution in [3.8, 4) is 11.3 Å². The number of benzene rings is 3. The molecule has 87 heavy (non-hydrogen) atoms. The summed E-state index contributed by atoms with van der Waals surface area (Å²) in [4.78, 5) is 128. The van der Waals surface area contributed by atoms with Gasteiger partial charge in [-0.25, -0.2) is 14.4 Å². The summed E-state index contributed by atoms with van der Waals surface area (Å²) in [5.74, 6) is -3.12. The Balaban J connectivity index is 0.691. The fraction of sp³-hybridized carbons (Fsp3) is 0.515. The van der Waals surface area contributed by atoms with Gasteiger partial charge in [0.15, 0.2) is 5.82 Å². The Kier molecular flexibility index (Phi) is 15.3. The standard InChI is InChI=1S/C66H77FN12O8/c1-36(2)69-59(81)46-32-51(48(67)28-38(46)5)72-58-57-52(68-35-77(57)37(3)4)33-50(71-58)40-14-17-47-54(29-40)78(44-30-43(31-44)74-23-7-6-8-24-74)65(87)66(47)21-26-75(27-22-66)62(84)41-20-25-76(34-41)61(83)39-12-15-42(16-13-39)70-49-11-9-10-45-56(49)64(86)79(63(45)85)53-18-19-55(80)73-60(53)82/h9-11,14,17,28-29,32-33,35-37,39,41-44,53,70H,6-8,12-13,15-16,18-27,30-31,34H2,1-5H3,(H,69,81)(H,71,72)(H,73,80,82)/t39-,41-,42-,43-,44+,53?/m0/s1. The number of nitrogens with one attached hydrogen (secondary N) is 4. The first kappa shape index (κ1) is 58.0. The number of pyridine rings is 1. The number of halogens is 1. The van der Waals surface area contributed by atoms with Crippen LogP contribution in [0.2, 0.25) is 0 Å². The number of aromatic nitrogens is 3. The van der Waals surface area contributed by atoms with Crippen LogP contribution in [-0.4, -0.2) is 151 Å². The van der Waals surface area contributed by atoms with E-state index in [1.54, 1.807) is 31.5 Å². The lowest BCUT2D eigenvalue weighted by Crippen LogP contribution is -2.58. The molecule has 1 unspecified atom stereocenters. The molecule has 2 aliphatic carbocycles. The lowest BCUT2D eigenvalue weighted by Gasteiger charge is -2.48. The van der Waals surface area contributed by atoms with Gasteiger partial charge in [0.05, 0.1) is 45.7 Å². The van der Waals surface area contributed by atoms with Crippen molar-refractivity contribution in [2.75, 3.05) is 54.8 Å². The van der Waals surface area contributed by atoms with Crippen molar-refractivity contribution in [3.05, 3.63) is 94.6 Å². The number of aryl methyl sites for hydroxylation is 1. The van der Waals surface area contributed by atoms with Crippen molar-refractivity contribution in [1.82, 2.24) is 44.8 Å². The number of piperidine rings is 3. The number of carbonyl (C=O) groups excluding carboxylic acids is 8. The molecule has 6 fully saturated rings. The van der Waals surface area contributed by atoms with E-state index in [1.165, 1.54) is 31.4 Å². The molecule has 6 aliphatic heterocycles. The average Bonchev–Trinajstić information content (AvgIpc) is 1.58. The first-order valence-corrected chi connectivity index (χ1v) is 31.5. The summed E-state index contributed by atoms with van der Waals surface area (Å²) < 4.78 is 18.0. The van der Waals surface area contributed by atoms with Gasteiger partial charge in [-0.2, -0.15) is 0 Å². The second-order valence-electron chi connectivity index (χ2n) is 26.2. The van der Waals surface area contributed by atoms with Gasteiger partial charge in [0.25, 0.3) is 17.7 Å². The molecule has 8 heterocycles. The minimum absolute atomic E-state index is 0.00219. The fourth-order valence-electron chi connectivity index (χ4n) is 15.2. The predicted octanol–water partition coefficient (Wildman–Crippen LogP) is 8.15. The highest BCUT2D eigenvalue weighted by molar-refractivity contribution is 6.25. The van der Waals surface area contributed by atoms with Gasteiger partial charge in [-0.15, -0.1) is 0 Å². The van der Waals surface area contributed by atoms with Gasteiger partial charge < -0.3 is 40.1 Å². The monoisotopic (exact) mass is 1180 g/mol. The highest BCUT2D eigenvalue weighted by Crippen LogP contribution is 2.53. The molecule has 8 aliphatic rings. The number of nitrogens with zero attached hydrogens (tertiary/aromatic N) is 8. The van der Waals surface area contributed by atoms with Crippen LogP contribution in [0.1, 0.15) is 166 Å². The lowest BCUT2D eigenvalue weighted by molar-refractivity contribution is -0.140. The second kappa shape index (κ2) is 22.9. The Morgan fingerprint density at radius 2 is 1.51 bits per heavy atom. The third kappa shape index (κ3) is 10.4. The molecule has 1 spiro atoms. The van der Waals surface area contributed by atoms with E-state index >= 15 is 9.18 Å². The Morgan fingerprint density at radius 1 is 0.759 bits per heavy atom. The van der Waals surface area contributed by atoms with Gasteiger partial charge >= 0.3 is 0 Å². The van der Waals surface area contributed by atoms with Gasteiger partial charge in [0.1, 0.15) is 17.4 Å². The Hall–Kier alpha value is -8.07. The molecule has 21 heteroatoms. The molecular weight excluding hydrogens is 1110 g/mol. The zero-order chi connectivity index (χ0) is 60.7. The van der Waals surface area contributed by atoms with E-state index in [4.69, 9.17) is 9.97 Å². The van der Waals surface area contributed by atoms with E-state index in [0.717, 1.165) is 47.6 Å². The number of amides is 8. The molecule has 3 aromatic carbocycles. The normalized spacial score (nSPS) is 24.7. The largest absolute Gasteiger partial charge is 0.382 e. The summed E-state index contributed by atoms with van der Waals surface area (Å²) in [6, 6.07) is 15.2. The smallest absolute Gasteiger partial charge is 0.264 e. The van der Waals surface area contributed by atoms with Crippen molar-refractivity contribution in [2.24, 2.45) is 11.8 Å². The zero-order valence-corrected chi connectivity index (χ0v) is 50.3. The molecule has 5 aromatic rings. The van der Waals surface area contributed by atoms with Crippen molar-refractivity contribution < 1.29 is 42.7 Å². The van der Waals surface area contributed by atoms with Gasteiger partial charge in [0.2, 0.25) is 29.5 Å². The number of fused-ring (bicyclic) bond motifs is 4. The Bertz CT molecular complexity index is 3660. The van der Waals surface area contributed by atoms with E-state index < -0.39 is 40.9 Å². The molecule has 2 atom stereocenters. The maximum absolute atomic E-state index is 16.0. The van der Waals surface area contributed by atoms with Crippen LogP contribution < -0.4 is 26.2 Å². The first-order valence-electron chi connectivity index (χ1n) is 31.5. The number of imidazole rings is 1. The van der Waals surface area contributed by atoms with Crippen molar-refractivity contribution in [3.63, 3.8) is 0 Å². The number of anilines is 4. The molecule has 4 N–H and O–H groups in total. The number of carbonyl (C=O) groups is 8. The second-order valence-corrected chi connectivity index (χ2v) is 26.2. The number of imide groups is 2. The van der Waals surface area contributed by atoms with Crippen LogP contribution in [0.25, 0.3) is 22.3 Å². The molecule has 2 saturated carbocycles. The average molecular weight is 1190 g/mol. The number of hydrogen-bond acceptors (Lipinski definition) is 13. The van der Waals surface area contributed by atoms with Gasteiger partial charge in [0, 0.05) is 91.2 Å². The molecule has 8 amide bonds. The SMILES string of the molecule is Cc1cc(F)c(Nc2nc(-c3ccc4c(c3)N([C@H]3C[C@@H](N5CCCCC5)C3)C(=O)C43CCN(C(=O)[C@H]4CCN(C(=O)[C@H]5CC[C@H](Nc6cccc7c6C(=O)N(C6CCC(=O)NC6=O)C7=O)CC5)C4)CC3)cc3ncn(C(C)C)c23)cc1C(=O)NC(C)C. The summed E-state index contributed by atoms with van der Waals surface area (Å²) in [5, 5.41) is 11.9. The Labute approximate surface area is 505 Å². The van der Waals surface area contributed by atoms with Gasteiger partial charge in [-0.05, 0) is 172 Å². The van der Waals surface area contributed by atoms with Crippen molar-refractivity contribution in [1.29, 1.82) is 0 Å². The topological polar surface area (TPSA) is 232 Å². The first-order chi connectivity index (χ1) is 41.8. The van der Waals surface area contributed by atoms with Crippen LogP contribution in [0.4, 0.5) is 27.3 Å². The molecule has 20 nitrogen and oxygen atoms in total. The molecule has 13 rings (SSSR count). The minimum Gasteiger partial charge on any atom is -0.382 e. The zero-order valence-electron chi connectivity index (χ0n) is 50.3. The van der Waals surface area contributed by atoms with E-state index in [0.29, 0.717) is 117 Å². The molecule has 0 radical (unpaired) electrons. The fourth-order valence-corrected chi connectivity index (χ4v) is 15.2. The summed E-state index contributed by atoms with van der Waals surface area (Å²) in [5.41, 5.74) is 5.54. The number of likely N-dealkylation sites (tertiary alicyclic amines) is 3. The van der Waals surface area contributed by atoms with Gasteiger partial charge in [-0.3, -0.25) is 48.6 Å². The predicted molar refractivity (Wildman–Crippen MR) is 325 cm³/mol. The summed E-state index contributed by atoms with van der Waals surface area (Å²) in [6.07, 6.45) is 11.3.